The Morgan fingerprint density at radius 1 is 1.40 bits per heavy atom. The highest BCUT2D eigenvalue weighted by Crippen LogP contribution is 2.24. The van der Waals surface area contributed by atoms with Gasteiger partial charge in [-0.1, -0.05) is 12.1 Å². The number of carboxylic acids is 1. The molecule has 20 heavy (non-hydrogen) atoms. The molecule has 7 nitrogen and oxygen atoms in total. The third kappa shape index (κ3) is 2.52. The summed E-state index contributed by atoms with van der Waals surface area (Å²) >= 11 is 0. The molecule has 0 aliphatic carbocycles. The Morgan fingerprint density at radius 3 is 2.75 bits per heavy atom. The van der Waals surface area contributed by atoms with Gasteiger partial charge in [-0.15, -0.1) is 0 Å². The molecule has 104 valence electrons. The summed E-state index contributed by atoms with van der Waals surface area (Å²) in [5.74, 6) is -1.68. The smallest absolute Gasteiger partial charge is 0.348 e. The van der Waals surface area contributed by atoms with Gasteiger partial charge in [-0.3, -0.25) is 4.99 Å². The lowest BCUT2D eigenvalue weighted by Gasteiger charge is -2.04. The van der Waals surface area contributed by atoms with E-state index in [4.69, 9.17) is 14.6 Å². The quantitative estimate of drug-likeness (QED) is 0.548. The van der Waals surface area contributed by atoms with Crippen LogP contribution in [0.25, 0.3) is 11.0 Å². The van der Waals surface area contributed by atoms with Crippen molar-refractivity contribution in [3.8, 4) is 5.75 Å². The van der Waals surface area contributed by atoms with Gasteiger partial charge in [-0.25, -0.2) is 9.59 Å². The highest BCUT2D eigenvalue weighted by molar-refractivity contribution is 5.94. The second kappa shape index (κ2) is 5.54. The molecule has 7 heteroatoms. The molecule has 1 aromatic carbocycles. The van der Waals surface area contributed by atoms with Crippen LogP contribution >= 0.6 is 0 Å². The van der Waals surface area contributed by atoms with Gasteiger partial charge < -0.3 is 19.7 Å². The maximum atomic E-state index is 11.7. The van der Waals surface area contributed by atoms with Gasteiger partial charge in [-0.05, 0) is 12.1 Å². The van der Waals surface area contributed by atoms with Gasteiger partial charge in [0.05, 0.1) is 12.0 Å². The van der Waals surface area contributed by atoms with Crippen LogP contribution in [-0.2, 0) is 4.79 Å². The molecule has 0 bridgehead atoms. The molecule has 1 atom stereocenters. The van der Waals surface area contributed by atoms with Gasteiger partial charge in [0.2, 0.25) is 0 Å². The highest BCUT2D eigenvalue weighted by atomic mass is 16.4. The van der Waals surface area contributed by atoms with Gasteiger partial charge in [-0.2, -0.15) is 0 Å². The minimum Gasteiger partial charge on any atom is -0.506 e. The van der Waals surface area contributed by atoms with Crippen LogP contribution in [0.15, 0.2) is 38.5 Å². The van der Waals surface area contributed by atoms with Crippen LogP contribution < -0.4 is 5.63 Å². The number of nitrogens with zero attached hydrogens (tertiary/aromatic N) is 1. The summed E-state index contributed by atoms with van der Waals surface area (Å²) in [4.78, 5) is 25.9. The number of hydrogen-bond donors (Lipinski definition) is 3. The van der Waals surface area contributed by atoms with Crippen LogP contribution in [0.2, 0.25) is 0 Å². The second-order valence-corrected chi connectivity index (χ2v) is 3.96. The van der Waals surface area contributed by atoms with Gasteiger partial charge in [0.1, 0.15) is 16.9 Å². The number of aromatic hydroxyl groups is 1. The summed E-state index contributed by atoms with van der Waals surface area (Å²) < 4.78 is 4.98. The summed E-state index contributed by atoms with van der Waals surface area (Å²) in [5.41, 5.74) is -0.889. The summed E-state index contributed by atoms with van der Waals surface area (Å²) in [6, 6.07) is 4.96. The highest BCUT2D eigenvalue weighted by Gasteiger charge is 2.16. The van der Waals surface area contributed by atoms with Gasteiger partial charge in [0.15, 0.2) is 6.04 Å². The average Bonchev–Trinajstić information content (AvgIpc) is 2.42. The number of benzene rings is 1. The van der Waals surface area contributed by atoms with Crippen LogP contribution in [0.5, 0.6) is 5.75 Å². The van der Waals surface area contributed by atoms with Crippen LogP contribution in [0, 0.1) is 0 Å². The lowest BCUT2D eigenvalue weighted by molar-refractivity contribution is -0.139. The Kier molecular flexibility index (Phi) is 3.81. The normalized spacial score (nSPS) is 12.8. The largest absolute Gasteiger partial charge is 0.506 e. The third-order valence-electron chi connectivity index (χ3n) is 2.66. The van der Waals surface area contributed by atoms with Crippen LogP contribution in [-0.4, -0.2) is 40.2 Å². The van der Waals surface area contributed by atoms with E-state index in [0.29, 0.717) is 5.39 Å². The Bertz CT molecular complexity index is 733. The van der Waals surface area contributed by atoms with Crippen molar-refractivity contribution in [3.05, 3.63) is 40.2 Å². The molecule has 0 unspecified atom stereocenters. The number of rotatable bonds is 4. The lowest BCUT2D eigenvalue weighted by Crippen LogP contribution is -2.22. The monoisotopic (exact) mass is 277 g/mol. The van der Waals surface area contributed by atoms with E-state index in [9.17, 15) is 14.7 Å². The molecular weight excluding hydrogens is 266 g/mol. The van der Waals surface area contributed by atoms with Crippen molar-refractivity contribution in [2.75, 3.05) is 6.61 Å². The number of aliphatic imine (C=N–C) groups is 1. The molecule has 2 aromatic rings. The van der Waals surface area contributed by atoms with E-state index in [2.05, 4.69) is 4.99 Å². The minimum atomic E-state index is -1.40. The number of hydrogen-bond acceptors (Lipinski definition) is 6. The summed E-state index contributed by atoms with van der Waals surface area (Å²) in [6.45, 7) is -0.717. The maximum Gasteiger partial charge on any atom is 0.348 e. The van der Waals surface area contributed by atoms with Crippen LogP contribution in [0.1, 0.15) is 5.56 Å². The molecule has 1 aromatic heterocycles. The molecular formula is C13H11NO6. The molecule has 0 saturated heterocycles. The number of fused-ring (bicyclic) bond motifs is 1. The fraction of sp³-hybridized carbons (Fsp3) is 0.154. The summed E-state index contributed by atoms with van der Waals surface area (Å²) in [5, 5.41) is 27.9. The standard InChI is InChI=1S/C13H11NO6/c15-6-9(12(17)18)14-5-8-11(16)7-3-1-2-4-10(7)20-13(8)19/h1-5,9,15-16H,6H2,(H,17,18)/t9-/m1/s1. The topological polar surface area (TPSA) is 120 Å². The average molecular weight is 277 g/mol. The Morgan fingerprint density at radius 2 is 2.10 bits per heavy atom. The minimum absolute atomic E-state index is 0.212. The van der Waals surface area contributed by atoms with Gasteiger partial charge >= 0.3 is 11.6 Å². The molecule has 3 N–H and O–H groups in total. The van der Waals surface area contributed by atoms with E-state index in [-0.39, 0.29) is 16.9 Å². The van der Waals surface area contributed by atoms with Crippen molar-refractivity contribution in [1.29, 1.82) is 0 Å². The second-order valence-electron chi connectivity index (χ2n) is 3.96. The number of carbonyl (C=O) groups is 1. The number of aliphatic hydroxyl groups excluding tert-OH is 1. The fourth-order valence-electron chi connectivity index (χ4n) is 1.62. The van der Waals surface area contributed by atoms with Gasteiger partial charge in [0, 0.05) is 6.21 Å². The number of para-hydroxylation sites is 1. The molecule has 1 heterocycles. The first kappa shape index (κ1) is 13.8. The van der Waals surface area contributed by atoms with Crippen molar-refractivity contribution >= 4 is 23.2 Å². The molecule has 0 aliphatic heterocycles. The molecule has 0 saturated carbocycles. The van der Waals surface area contributed by atoms with Crippen LogP contribution in [0.4, 0.5) is 0 Å². The van der Waals surface area contributed by atoms with E-state index < -0.39 is 24.2 Å². The molecule has 0 spiro atoms. The van der Waals surface area contributed by atoms with Crippen LogP contribution in [0.3, 0.4) is 0 Å². The SMILES string of the molecule is O=C(O)[C@@H](CO)N=Cc1c(O)c2ccccc2oc1=O. The van der Waals surface area contributed by atoms with E-state index in [1.54, 1.807) is 18.2 Å². The van der Waals surface area contributed by atoms with Crippen molar-refractivity contribution in [3.63, 3.8) is 0 Å². The number of aliphatic carboxylic acids is 1. The number of aliphatic hydroxyl groups is 1. The zero-order chi connectivity index (χ0) is 14.7. The third-order valence-corrected chi connectivity index (χ3v) is 2.66. The van der Waals surface area contributed by atoms with Gasteiger partial charge in [0.25, 0.3) is 0 Å². The van der Waals surface area contributed by atoms with Crippen molar-refractivity contribution in [2.24, 2.45) is 4.99 Å². The zero-order valence-electron chi connectivity index (χ0n) is 10.2. The fourth-order valence-corrected chi connectivity index (χ4v) is 1.62. The predicted octanol–water partition coefficient (Wildman–Crippen LogP) is 0.363. The maximum absolute atomic E-state index is 11.7. The summed E-state index contributed by atoms with van der Waals surface area (Å²) in [6.07, 6.45) is 0.891. The Balaban J connectivity index is 2.52. The van der Waals surface area contributed by atoms with Crippen molar-refractivity contribution in [1.82, 2.24) is 0 Å². The zero-order valence-corrected chi connectivity index (χ0v) is 10.2. The molecule has 0 radical (unpaired) electrons. The molecule has 0 fully saturated rings. The van der Waals surface area contributed by atoms with E-state index in [0.717, 1.165) is 6.21 Å². The van der Waals surface area contributed by atoms with E-state index >= 15 is 0 Å². The lowest BCUT2D eigenvalue weighted by atomic mass is 10.1. The van der Waals surface area contributed by atoms with E-state index in [1.165, 1.54) is 6.07 Å². The summed E-state index contributed by atoms with van der Waals surface area (Å²) in [7, 11) is 0. The predicted molar refractivity (Wildman–Crippen MR) is 70.3 cm³/mol. The number of carboxylic acid groups (broad SMARTS) is 1. The molecule has 0 amide bonds. The first-order valence-corrected chi connectivity index (χ1v) is 5.66. The van der Waals surface area contributed by atoms with Crippen molar-refractivity contribution in [2.45, 2.75) is 6.04 Å². The van der Waals surface area contributed by atoms with Crippen molar-refractivity contribution < 1.29 is 24.5 Å². The Hall–Kier alpha value is -2.67. The first-order chi connectivity index (χ1) is 9.54. The molecule has 0 aliphatic rings. The Labute approximate surface area is 112 Å². The molecule has 2 rings (SSSR count). The first-order valence-electron chi connectivity index (χ1n) is 5.66. The van der Waals surface area contributed by atoms with E-state index in [1.807, 2.05) is 0 Å².